The molecule has 138 valence electrons. The van der Waals surface area contributed by atoms with Crippen molar-refractivity contribution in [2.45, 2.75) is 76.6 Å². The first kappa shape index (κ1) is 17.4. The van der Waals surface area contributed by atoms with Crippen LogP contribution in [0.3, 0.4) is 0 Å². The van der Waals surface area contributed by atoms with Crippen molar-refractivity contribution in [3.63, 3.8) is 0 Å². The Labute approximate surface area is 148 Å². The normalized spacial score (nSPS) is 38.8. The number of rotatable bonds is 3. The minimum absolute atomic E-state index is 0.243. The lowest BCUT2D eigenvalue weighted by atomic mass is 9.97. The third-order valence-corrected chi connectivity index (χ3v) is 4.70. The molecule has 4 rings (SSSR count). The lowest BCUT2D eigenvalue weighted by molar-refractivity contribution is -0.371. The third-order valence-electron chi connectivity index (χ3n) is 4.70. The summed E-state index contributed by atoms with van der Waals surface area (Å²) in [7, 11) is 0. The van der Waals surface area contributed by atoms with Gasteiger partial charge in [0.05, 0.1) is 13.2 Å². The van der Waals surface area contributed by atoms with Gasteiger partial charge >= 0.3 is 0 Å². The van der Waals surface area contributed by atoms with Gasteiger partial charge in [-0.3, -0.25) is 0 Å². The first-order chi connectivity index (χ1) is 11.8. The number of ether oxygens (including phenoxy) is 6. The van der Waals surface area contributed by atoms with E-state index in [4.69, 9.17) is 28.4 Å². The van der Waals surface area contributed by atoms with Crippen molar-refractivity contribution < 1.29 is 28.4 Å². The summed E-state index contributed by atoms with van der Waals surface area (Å²) in [6.07, 6.45) is -1.60. The maximum atomic E-state index is 6.14. The van der Waals surface area contributed by atoms with Crippen molar-refractivity contribution in [2.24, 2.45) is 0 Å². The Hall–Kier alpha value is -1.02. The van der Waals surface area contributed by atoms with Crippen LogP contribution in [0.1, 0.15) is 33.3 Å². The van der Waals surface area contributed by atoms with Crippen molar-refractivity contribution in [3.05, 3.63) is 35.9 Å². The zero-order valence-corrected chi connectivity index (χ0v) is 15.1. The Balaban J connectivity index is 1.51. The second-order valence-electron chi connectivity index (χ2n) is 7.70. The van der Waals surface area contributed by atoms with E-state index in [-0.39, 0.29) is 24.4 Å². The van der Waals surface area contributed by atoms with Crippen LogP contribution in [-0.4, -0.2) is 48.9 Å². The van der Waals surface area contributed by atoms with Crippen molar-refractivity contribution in [1.29, 1.82) is 0 Å². The van der Waals surface area contributed by atoms with Crippen LogP contribution >= 0.6 is 0 Å². The highest BCUT2D eigenvalue weighted by Crippen LogP contribution is 2.42. The summed E-state index contributed by atoms with van der Waals surface area (Å²) >= 11 is 0. The predicted molar refractivity (Wildman–Crippen MR) is 88.6 cm³/mol. The number of benzene rings is 1. The molecule has 0 aliphatic carbocycles. The number of hydrogen-bond donors (Lipinski definition) is 0. The second kappa shape index (κ2) is 6.30. The summed E-state index contributed by atoms with van der Waals surface area (Å²) in [5, 5.41) is 0. The molecule has 1 aromatic carbocycles. The van der Waals surface area contributed by atoms with E-state index in [1.54, 1.807) is 0 Å². The van der Waals surface area contributed by atoms with Crippen LogP contribution in [-0.2, 0) is 35.0 Å². The van der Waals surface area contributed by atoms with Crippen LogP contribution in [0.25, 0.3) is 0 Å². The molecular formula is C19H26O6. The fraction of sp³-hybridized carbons (Fsp3) is 0.684. The average molecular weight is 350 g/mol. The molecule has 3 saturated heterocycles. The van der Waals surface area contributed by atoms with Crippen LogP contribution in [0, 0.1) is 0 Å². The molecule has 5 atom stereocenters. The Bertz CT molecular complexity index is 601. The summed E-state index contributed by atoms with van der Waals surface area (Å²) in [6, 6.07) is 10.0. The fourth-order valence-corrected chi connectivity index (χ4v) is 3.63. The first-order valence-corrected chi connectivity index (χ1v) is 8.81. The van der Waals surface area contributed by atoms with E-state index in [0.29, 0.717) is 13.2 Å². The van der Waals surface area contributed by atoms with Gasteiger partial charge in [-0.1, -0.05) is 30.3 Å². The number of fused-ring (bicyclic) bond motifs is 3. The van der Waals surface area contributed by atoms with E-state index >= 15 is 0 Å². The zero-order chi connectivity index (χ0) is 17.7. The maximum Gasteiger partial charge on any atom is 0.187 e. The van der Waals surface area contributed by atoms with Crippen molar-refractivity contribution in [3.8, 4) is 0 Å². The van der Waals surface area contributed by atoms with Crippen molar-refractivity contribution in [2.75, 3.05) is 6.61 Å². The van der Waals surface area contributed by atoms with Gasteiger partial charge in [0.2, 0.25) is 0 Å². The molecular weight excluding hydrogens is 324 g/mol. The van der Waals surface area contributed by atoms with Gasteiger partial charge in [0, 0.05) is 0 Å². The Morgan fingerprint density at radius 1 is 0.920 bits per heavy atom. The summed E-state index contributed by atoms with van der Waals surface area (Å²) < 4.78 is 36.2. The molecule has 6 heteroatoms. The fourth-order valence-electron chi connectivity index (χ4n) is 3.63. The molecule has 25 heavy (non-hydrogen) atoms. The lowest BCUT2D eigenvalue weighted by Crippen LogP contribution is -2.63. The standard InChI is InChI=1S/C19H26O6/c1-18(2)21-11-13-14(23-18)15-16(25-19(3,4)24-15)17(22-13)20-10-12-8-6-5-7-9-12/h5-9,13-17H,10-11H2,1-4H3/t13?,14-,15+,16?,17?/m1/s1. The lowest BCUT2D eigenvalue weighted by Gasteiger charge is -2.48. The highest BCUT2D eigenvalue weighted by Gasteiger charge is 2.58. The minimum atomic E-state index is -0.701. The molecule has 0 amide bonds. The van der Waals surface area contributed by atoms with E-state index in [1.807, 2.05) is 58.0 Å². The van der Waals surface area contributed by atoms with Gasteiger partial charge in [-0.25, -0.2) is 0 Å². The van der Waals surface area contributed by atoms with E-state index < -0.39 is 17.9 Å². The molecule has 3 aliphatic heterocycles. The third kappa shape index (κ3) is 3.60. The van der Waals surface area contributed by atoms with Gasteiger partial charge in [0.25, 0.3) is 0 Å². The van der Waals surface area contributed by atoms with Crippen LogP contribution in [0.4, 0.5) is 0 Å². The molecule has 0 spiro atoms. The van der Waals surface area contributed by atoms with Gasteiger partial charge in [0.15, 0.2) is 17.9 Å². The van der Waals surface area contributed by atoms with Gasteiger partial charge in [-0.05, 0) is 33.3 Å². The van der Waals surface area contributed by atoms with Crippen LogP contribution in [0.2, 0.25) is 0 Å². The molecule has 0 aromatic heterocycles. The largest absolute Gasteiger partial charge is 0.348 e. The summed E-state index contributed by atoms with van der Waals surface area (Å²) in [4.78, 5) is 0. The van der Waals surface area contributed by atoms with Crippen LogP contribution < -0.4 is 0 Å². The summed E-state index contributed by atoms with van der Waals surface area (Å²) in [6.45, 7) is 8.49. The highest BCUT2D eigenvalue weighted by molar-refractivity contribution is 5.13. The first-order valence-electron chi connectivity index (χ1n) is 8.81. The smallest absolute Gasteiger partial charge is 0.187 e. The molecule has 0 radical (unpaired) electrons. The summed E-state index contributed by atoms with van der Waals surface area (Å²) in [5.41, 5.74) is 1.08. The molecule has 3 unspecified atom stereocenters. The highest BCUT2D eigenvalue weighted by atomic mass is 16.8. The summed E-state index contributed by atoms with van der Waals surface area (Å²) in [5.74, 6) is -1.36. The molecule has 3 heterocycles. The molecule has 0 N–H and O–H groups in total. The molecule has 3 aliphatic rings. The molecule has 3 fully saturated rings. The average Bonchev–Trinajstić information content (AvgIpc) is 2.89. The van der Waals surface area contributed by atoms with Crippen molar-refractivity contribution >= 4 is 0 Å². The van der Waals surface area contributed by atoms with E-state index in [9.17, 15) is 0 Å². The number of hydrogen-bond acceptors (Lipinski definition) is 6. The monoisotopic (exact) mass is 350 g/mol. The molecule has 0 saturated carbocycles. The Morgan fingerprint density at radius 2 is 1.60 bits per heavy atom. The molecule has 6 nitrogen and oxygen atoms in total. The van der Waals surface area contributed by atoms with Gasteiger partial charge < -0.3 is 28.4 Å². The second-order valence-corrected chi connectivity index (χ2v) is 7.70. The molecule has 1 aromatic rings. The van der Waals surface area contributed by atoms with E-state index in [2.05, 4.69) is 0 Å². The SMILES string of the molecule is CC1(C)OCC2OC(OCc3ccccc3)C3OC(C)(C)O[C@H]3[C@@H]2O1. The van der Waals surface area contributed by atoms with Crippen LogP contribution in [0.5, 0.6) is 0 Å². The predicted octanol–water partition coefficient (Wildman–Crippen LogP) is 2.60. The van der Waals surface area contributed by atoms with E-state index in [0.717, 1.165) is 5.56 Å². The maximum absolute atomic E-state index is 6.14. The topological polar surface area (TPSA) is 55.4 Å². The van der Waals surface area contributed by atoms with Gasteiger partial charge in [-0.2, -0.15) is 0 Å². The minimum Gasteiger partial charge on any atom is -0.348 e. The Kier molecular flexibility index (Phi) is 4.38. The zero-order valence-electron chi connectivity index (χ0n) is 15.1. The van der Waals surface area contributed by atoms with E-state index in [1.165, 1.54) is 0 Å². The molecule has 0 bridgehead atoms. The van der Waals surface area contributed by atoms with Crippen LogP contribution in [0.15, 0.2) is 30.3 Å². The van der Waals surface area contributed by atoms with Gasteiger partial charge in [0.1, 0.15) is 24.4 Å². The van der Waals surface area contributed by atoms with Gasteiger partial charge in [-0.15, -0.1) is 0 Å². The van der Waals surface area contributed by atoms with Crippen molar-refractivity contribution in [1.82, 2.24) is 0 Å². The Morgan fingerprint density at radius 3 is 2.36 bits per heavy atom. The quantitative estimate of drug-likeness (QED) is 0.835.